The van der Waals surface area contributed by atoms with Crippen LogP contribution in [0.25, 0.3) is 95.7 Å². The Bertz CT molecular complexity index is 3510. The zero-order chi connectivity index (χ0) is 38.2. The summed E-state index contributed by atoms with van der Waals surface area (Å²) in [5, 5.41) is 7.24. The highest BCUT2D eigenvalue weighted by atomic mass is 32.1. The molecule has 0 atom stereocenters. The predicted molar refractivity (Wildman–Crippen MR) is 250 cm³/mol. The molecule has 0 aliphatic heterocycles. The van der Waals surface area contributed by atoms with Crippen molar-refractivity contribution in [2.45, 2.75) is 0 Å². The van der Waals surface area contributed by atoms with E-state index in [1.807, 2.05) is 22.7 Å². The molecule has 2 nitrogen and oxygen atoms in total. The number of hydrogen-bond donors (Lipinski definition) is 0. The van der Waals surface area contributed by atoms with Crippen molar-refractivity contribution in [2.24, 2.45) is 0 Å². The van der Waals surface area contributed by atoms with Gasteiger partial charge in [-0.15, -0.1) is 22.7 Å². The number of benzene rings is 9. The summed E-state index contributed by atoms with van der Waals surface area (Å²) in [4.78, 5) is 2.51. The molecule has 3 aromatic heterocycles. The summed E-state index contributed by atoms with van der Waals surface area (Å²) in [5.41, 5.74) is 12.4. The van der Waals surface area contributed by atoms with Crippen molar-refractivity contribution in [2.75, 3.05) is 4.90 Å². The molecule has 4 heteroatoms. The Morgan fingerprint density at radius 3 is 1.76 bits per heavy atom. The van der Waals surface area contributed by atoms with Crippen LogP contribution in [0, 0.1) is 0 Å². The molecular formula is C54H33NOS2. The third-order valence-electron chi connectivity index (χ3n) is 11.5. The van der Waals surface area contributed by atoms with Crippen molar-refractivity contribution < 1.29 is 4.42 Å². The average molecular weight is 776 g/mol. The van der Waals surface area contributed by atoms with Gasteiger partial charge in [-0.05, 0) is 94.0 Å². The molecular weight excluding hydrogens is 743 g/mol. The van der Waals surface area contributed by atoms with E-state index in [0.717, 1.165) is 44.6 Å². The van der Waals surface area contributed by atoms with Crippen LogP contribution < -0.4 is 4.90 Å². The first kappa shape index (κ1) is 33.2. The maximum Gasteiger partial charge on any atom is 0.136 e. The van der Waals surface area contributed by atoms with E-state index in [2.05, 4.69) is 205 Å². The molecule has 0 fully saturated rings. The van der Waals surface area contributed by atoms with Crippen LogP contribution >= 0.6 is 22.7 Å². The number of hydrogen-bond acceptors (Lipinski definition) is 4. The molecule has 0 spiro atoms. The topological polar surface area (TPSA) is 16.4 Å². The lowest BCUT2D eigenvalue weighted by Crippen LogP contribution is -2.11. The van der Waals surface area contributed by atoms with Gasteiger partial charge in [0.1, 0.15) is 11.2 Å². The molecule has 9 aromatic carbocycles. The highest BCUT2D eigenvalue weighted by Gasteiger charge is 2.25. The Labute approximate surface area is 343 Å². The zero-order valence-electron chi connectivity index (χ0n) is 31.2. The molecule has 0 saturated carbocycles. The molecule has 12 rings (SSSR count). The first-order valence-corrected chi connectivity index (χ1v) is 21.2. The largest absolute Gasteiger partial charge is 0.456 e. The second-order valence-electron chi connectivity index (χ2n) is 14.8. The Morgan fingerprint density at radius 2 is 0.983 bits per heavy atom. The Kier molecular flexibility index (Phi) is 7.62. The lowest BCUT2D eigenvalue weighted by atomic mass is 9.98. The third kappa shape index (κ3) is 5.30. The summed E-state index contributed by atoms with van der Waals surface area (Å²) in [7, 11) is 0. The minimum absolute atomic E-state index is 0.877. The Hall–Kier alpha value is -6.98. The lowest BCUT2D eigenvalue weighted by Gasteiger charge is -2.28. The number of furan rings is 1. The van der Waals surface area contributed by atoms with Crippen LogP contribution in [0.15, 0.2) is 205 Å². The van der Waals surface area contributed by atoms with Crippen LogP contribution in [-0.4, -0.2) is 0 Å². The van der Waals surface area contributed by atoms with Gasteiger partial charge >= 0.3 is 0 Å². The van der Waals surface area contributed by atoms with Crippen molar-refractivity contribution in [3.05, 3.63) is 200 Å². The van der Waals surface area contributed by atoms with E-state index in [4.69, 9.17) is 4.42 Å². The lowest BCUT2D eigenvalue weighted by molar-refractivity contribution is 0.669. The van der Waals surface area contributed by atoms with Crippen LogP contribution in [-0.2, 0) is 0 Å². The molecule has 272 valence electrons. The first-order valence-electron chi connectivity index (χ1n) is 19.6. The van der Waals surface area contributed by atoms with Gasteiger partial charge in [0.2, 0.25) is 0 Å². The van der Waals surface area contributed by atoms with E-state index in [0.29, 0.717) is 0 Å². The first-order chi connectivity index (χ1) is 28.7. The molecule has 0 bridgehead atoms. The summed E-state index contributed by atoms with van der Waals surface area (Å²) in [6.07, 6.45) is 0. The molecule has 0 aliphatic carbocycles. The molecule has 3 heterocycles. The highest BCUT2D eigenvalue weighted by Crippen LogP contribution is 2.52. The van der Waals surface area contributed by atoms with E-state index in [-0.39, 0.29) is 0 Å². The van der Waals surface area contributed by atoms with Crippen molar-refractivity contribution >= 4 is 102 Å². The summed E-state index contributed by atoms with van der Waals surface area (Å²) in [6, 6.07) is 72.6. The van der Waals surface area contributed by atoms with E-state index < -0.39 is 0 Å². The summed E-state index contributed by atoms with van der Waals surface area (Å²) in [5.74, 6) is 0. The number of anilines is 3. The number of rotatable bonds is 6. The van der Waals surface area contributed by atoms with Gasteiger partial charge in [0.15, 0.2) is 0 Å². The standard InChI is InChI=1S/C54H33NOS2/c1-4-13-34(14-5-1)37-23-26-41-44-33-39(25-30-47(44)56-48(41)31-37)55(45-20-12-22-50-52(45)42-19-10-11-21-49(42)57-50)46-29-28-40(36-17-8-3-9-18-36)54-53(46)43-27-24-38(32-51(43)58-54)35-15-6-2-7-16-35/h1-33H. The summed E-state index contributed by atoms with van der Waals surface area (Å²) < 4.78 is 11.7. The smallest absolute Gasteiger partial charge is 0.136 e. The number of nitrogens with zero attached hydrogens (tertiary/aromatic N) is 1. The van der Waals surface area contributed by atoms with Crippen molar-refractivity contribution in [1.29, 1.82) is 0 Å². The fourth-order valence-corrected chi connectivity index (χ4v) is 11.2. The van der Waals surface area contributed by atoms with Crippen LogP contribution in [0.4, 0.5) is 17.1 Å². The molecule has 0 amide bonds. The quantitative estimate of drug-likeness (QED) is 0.167. The van der Waals surface area contributed by atoms with Gasteiger partial charge in [-0.3, -0.25) is 0 Å². The van der Waals surface area contributed by atoms with Crippen molar-refractivity contribution in [3.8, 4) is 33.4 Å². The molecule has 0 N–H and O–H groups in total. The fraction of sp³-hybridized carbons (Fsp3) is 0. The zero-order valence-corrected chi connectivity index (χ0v) is 32.9. The molecule has 58 heavy (non-hydrogen) atoms. The molecule has 0 aliphatic rings. The van der Waals surface area contributed by atoms with Gasteiger partial charge in [-0.25, -0.2) is 0 Å². The normalized spacial score (nSPS) is 11.8. The number of fused-ring (bicyclic) bond motifs is 9. The van der Waals surface area contributed by atoms with Crippen LogP contribution in [0.1, 0.15) is 0 Å². The van der Waals surface area contributed by atoms with Gasteiger partial charge in [-0.2, -0.15) is 0 Å². The average Bonchev–Trinajstić information content (AvgIpc) is 3.98. The van der Waals surface area contributed by atoms with Gasteiger partial charge < -0.3 is 9.32 Å². The van der Waals surface area contributed by atoms with Crippen molar-refractivity contribution in [1.82, 2.24) is 0 Å². The maximum atomic E-state index is 6.59. The fourth-order valence-electron chi connectivity index (χ4n) is 8.77. The van der Waals surface area contributed by atoms with Crippen molar-refractivity contribution in [3.63, 3.8) is 0 Å². The third-order valence-corrected chi connectivity index (χ3v) is 13.8. The Morgan fingerprint density at radius 1 is 0.345 bits per heavy atom. The van der Waals surface area contributed by atoms with E-state index in [9.17, 15) is 0 Å². The van der Waals surface area contributed by atoms with Crippen LogP contribution in [0.5, 0.6) is 0 Å². The molecule has 12 aromatic rings. The van der Waals surface area contributed by atoms with Gasteiger partial charge in [0.25, 0.3) is 0 Å². The highest BCUT2D eigenvalue weighted by molar-refractivity contribution is 7.26. The van der Waals surface area contributed by atoms with Crippen LogP contribution in [0.3, 0.4) is 0 Å². The molecule has 0 saturated heterocycles. The SMILES string of the molecule is c1ccc(-c2ccc3c(c2)oc2ccc(N(c4cccc5sc6ccccc6c45)c4ccc(-c5ccccc5)c5sc6cc(-c7ccccc7)ccc6c45)cc23)cc1. The van der Waals surface area contributed by atoms with Gasteiger partial charge in [0.05, 0.1) is 11.4 Å². The summed E-state index contributed by atoms with van der Waals surface area (Å²) >= 11 is 3.74. The second-order valence-corrected chi connectivity index (χ2v) is 17.0. The maximum absolute atomic E-state index is 6.59. The second kappa shape index (κ2) is 13.3. The predicted octanol–water partition coefficient (Wildman–Crippen LogP) is 16.8. The molecule has 0 radical (unpaired) electrons. The van der Waals surface area contributed by atoms with Crippen LogP contribution in [0.2, 0.25) is 0 Å². The Balaban J connectivity index is 1.15. The minimum Gasteiger partial charge on any atom is -0.456 e. The van der Waals surface area contributed by atoms with Gasteiger partial charge in [0, 0.05) is 56.8 Å². The van der Waals surface area contributed by atoms with E-state index in [1.165, 1.54) is 68.2 Å². The monoisotopic (exact) mass is 775 g/mol. The van der Waals surface area contributed by atoms with Gasteiger partial charge in [-0.1, -0.05) is 140 Å². The summed E-state index contributed by atoms with van der Waals surface area (Å²) in [6.45, 7) is 0. The minimum atomic E-state index is 0.877. The molecule has 0 unspecified atom stereocenters. The number of thiophene rings is 2. The van der Waals surface area contributed by atoms with E-state index >= 15 is 0 Å². The van der Waals surface area contributed by atoms with E-state index in [1.54, 1.807) is 0 Å².